The molecular formula is C22H23N3O3. The molecule has 0 atom stereocenters. The molecule has 2 aromatic heterocycles. The second kappa shape index (κ2) is 9.50. The first kappa shape index (κ1) is 19.4. The molecule has 144 valence electrons. The van der Waals surface area contributed by atoms with Crippen molar-refractivity contribution in [3.05, 3.63) is 72.2 Å². The summed E-state index contributed by atoms with van der Waals surface area (Å²) in [6.45, 7) is 5.23. The second-order valence-corrected chi connectivity index (χ2v) is 6.00. The SMILES string of the molecule is CCOc1ccc(C(=O)NCc2ccnc(-c3cccnc3)c2)cc1OCC. The summed E-state index contributed by atoms with van der Waals surface area (Å²) in [4.78, 5) is 21.1. The van der Waals surface area contributed by atoms with Gasteiger partial charge in [0.25, 0.3) is 5.91 Å². The Kier molecular flexibility index (Phi) is 6.57. The van der Waals surface area contributed by atoms with E-state index in [4.69, 9.17) is 9.47 Å². The first-order chi connectivity index (χ1) is 13.7. The van der Waals surface area contributed by atoms with Crippen LogP contribution < -0.4 is 14.8 Å². The molecule has 3 aromatic rings. The fourth-order valence-corrected chi connectivity index (χ4v) is 2.73. The van der Waals surface area contributed by atoms with Crippen molar-refractivity contribution in [2.75, 3.05) is 13.2 Å². The Morgan fingerprint density at radius 1 is 1.00 bits per heavy atom. The summed E-state index contributed by atoms with van der Waals surface area (Å²) >= 11 is 0. The van der Waals surface area contributed by atoms with Gasteiger partial charge in [0.1, 0.15) is 0 Å². The molecule has 0 bridgehead atoms. The minimum Gasteiger partial charge on any atom is -0.490 e. The Morgan fingerprint density at radius 2 is 1.82 bits per heavy atom. The van der Waals surface area contributed by atoms with Gasteiger partial charge in [0, 0.05) is 36.3 Å². The van der Waals surface area contributed by atoms with Crippen molar-refractivity contribution < 1.29 is 14.3 Å². The normalized spacial score (nSPS) is 10.4. The topological polar surface area (TPSA) is 73.3 Å². The molecule has 1 amide bonds. The number of nitrogens with zero attached hydrogens (tertiary/aromatic N) is 2. The third kappa shape index (κ3) is 4.85. The Balaban J connectivity index is 1.69. The highest BCUT2D eigenvalue weighted by atomic mass is 16.5. The van der Waals surface area contributed by atoms with Gasteiger partial charge in [0.05, 0.1) is 18.9 Å². The van der Waals surface area contributed by atoms with Gasteiger partial charge >= 0.3 is 0 Å². The average molecular weight is 377 g/mol. The van der Waals surface area contributed by atoms with Crippen LogP contribution in [0.25, 0.3) is 11.3 Å². The van der Waals surface area contributed by atoms with Crippen LogP contribution in [-0.4, -0.2) is 29.1 Å². The summed E-state index contributed by atoms with van der Waals surface area (Å²) in [6.07, 6.45) is 5.22. The van der Waals surface area contributed by atoms with Crippen molar-refractivity contribution in [3.8, 4) is 22.8 Å². The van der Waals surface area contributed by atoms with Gasteiger partial charge in [-0.3, -0.25) is 14.8 Å². The van der Waals surface area contributed by atoms with Gasteiger partial charge < -0.3 is 14.8 Å². The number of amides is 1. The molecule has 0 radical (unpaired) electrons. The highest BCUT2D eigenvalue weighted by Crippen LogP contribution is 2.28. The molecule has 6 heteroatoms. The van der Waals surface area contributed by atoms with Crippen molar-refractivity contribution in [1.29, 1.82) is 0 Å². The fraction of sp³-hybridized carbons (Fsp3) is 0.227. The van der Waals surface area contributed by atoms with Gasteiger partial charge in [-0.1, -0.05) is 0 Å². The van der Waals surface area contributed by atoms with Crippen molar-refractivity contribution >= 4 is 5.91 Å². The largest absolute Gasteiger partial charge is 0.490 e. The maximum atomic E-state index is 12.6. The molecule has 0 saturated carbocycles. The van der Waals surface area contributed by atoms with E-state index in [1.165, 1.54) is 0 Å². The van der Waals surface area contributed by atoms with Crippen molar-refractivity contribution in [1.82, 2.24) is 15.3 Å². The fourth-order valence-electron chi connectivity index (χ4n) is 2.73. The van der Waals surface area contributed by atoms with E-state index in [2.05, 4.69) is 15.3 Å². The van der Waals surface area contributed by atoms with E-state index < -0.39 is 0 Å². The van der Waals surface area contributed by atoms with Gasteiger partial charge in [-0.2, -0.15) is 0 Å². The van der Waals surface area contributed by atoms with Crippen molar-refractivity contribution in [2.45, 2.75) is 20.4 Å². The van der Waals surface area contributed by atoms with E-state index in [0.717, 1.165) is 16.8 Å². The van der Waals surface area contributed by atoms with Gasteiger partial charge in [-0.05, 0) is 61.9 Å². The number of pyridine rings is 2. The van der Waals surface area contributed by atoms with Crippen LogP contribution in [0.2, 0.25) is 0 Å². The Morgan fingerprint density at radius 3 is 2.57 bits per heavy atom. The Hall–Kier alpha value is -3.41. The number of nitrogens with one attached hydrogen (secondary N) is 1. The molecule has 0 fully saturated rings. The molecule has 1 aromatic carbocycles. The molecule has 0 spiro atoms. The lowest BCUT2D eigenvalue weighted by Crippen LogP contribution is -2.23. The summed E-state index contributed by atoms with van der Waals surface area (Å²) in [7, 11) is 0. The number of hydrogen-bond donors (Lipinski definition) is 1. The zero-order valence-corrected chi connectivity index (χ0v) is 16.0. The zero-order chi connectivity index (χ0) is 19.8. The van der Waals surface area contributed by atoms with Crippen LogP contribution in [0.4, 0.5) is 0 Å². The van der Waals surface area contributed by atoms with E-state index >= 15 is 0 Å². The third-order valence-electron chi connectivity index (χ3n) is 4.04. The molecule has 3 rings (SSSR count). The van der Waals surface area contributed by atoms with Crippen LogP contribution in [0.3, 0.4) is 0 Å². The maximum absolute atomic E-state index is 12.6. The molecule has 2 heterocycles. The molecule has 0 aliphatic rings. The summed E-state index contributed by atoms with van der Waals surface area (Å²) in [5.74, 6) is 1.03. The maximum Gasteiger partial charge on any atom is 0.251 e. The third-order valence-corrected chi connectivity index (χ3v) is 4.04. The number of carbonyl (C=O) groups is 1. The Bertz CT molecular complexity index is 929. The Labute approximate surface area is 164 Å². The van der Waals surface area contributed by atoms with E-state index in [0.29, 0.717) is 36.8 Å². The van der Waals surface area contributed by atoms with Crippen molar-refractivity contribution in [2.24, 2.45) is 0 Å². The van der Waals surface area contributed by atoms with Crippen LogP contribution in [-0.2, 0) is 6.54 Å². The predicted octanol–water partition coefficient (Wildman–Crippen LogP) is 3.87. The summed E-state index contributed by atoms with van der Waals surface area (Å²) < 4.78 is 11.1. The molecule has 1 N–H and O–H groups in total. The lowest BCUT2D eigenvalue weighted by molar-refractivity contribution is 0.0950. The minimum absolute atomic E-state index is 0.177. The standard InChI is InChI=1S/C22H23N3O3/c1-3-27-20-8-7-17(13-21(20)28-4-2)22(26)25-14-16-9-11-24-19(12-16)18-6-5-10-23-15-18/h5-13,15H,3-4,14H2,1-2H3,(H,25,26). The van der Waals surface area contributed by atoms with E-state index in [-0.39, 0.29) is 5.91 Å². The van der Waals surface area contributed by atoms with E-state index in [9.17, 15) is 4.79 Å². The lowest BCUT2D eigenvalue weighted by Gasteiger charge is -2.12. The highest BCUT2D eigenvalue weighted by molar-refractivity contribution is 5.94. The number of ether oxygens (including phenoxy) is 2. The van der Waals surface area contributed by atoms with Gasteiger partial charge in [-0.25, -0.2) is 0 Å². The van der Waals surface area contributed by atoms with Crippen LogP contribution in [0.1, 0.15) is 29.8 Å². The highest BCUT2D eigenvalue weighted by Gasteiger charge is 2.12. The van der Waals surface area contributed by atoms with Crippen LogP contribution in [0, 0.1) is 0 Å². The quantitative estimate of drug-likeness (QED) is 0.645. The number of benzene rings is 1. The molecule has 28 heavy (non-hydrogen) atoms. The first-order valence-corrected chi connectivity index (χ1v) is 9.24. The molecule has 0 unspecified atom stereocenters. The number of carbonyl (C=O) groups excluding carboxylic acids is 1. The summed E-state index contributed by atoms with van der Waals surface area (Å²) in [5, 5.41) is 2.94. The van der Waals surface area contributed by atoms with Crippen molar-refractivity contribution in [3.63, 3.8) is 0 Å². The van der Waals surface area contributed by atoms with Crippen LogP contribution in [0.5, 0.6) is 11.5 Å². The minimum atomic E-state index is -0.177. The predicted molar refractivity (Wildman–Crippen MR) is 107 cm³/mol. The van der Waals surface area contributed by atoms with E-state index in [1.807, 2.05) is 38.1 Å². The molecule has 0 saturated heterocycles. The average Bonchev–Trinajstić information content (AvgIpc) is 2.74. The number of hydrogen-bond acceptors (Lipinski definition) is 5. The second-order valence-electron chi connectivity index (χ2n) is 6.00. The van der Waals surface area contributed by atoms with Crippen LogP contribution in [0.15, 0.2) is 61.1 Å². The smallest absolute Gasteiger partial charge is 0.251 e. The molecule has 0 aliphatic heterocycles. The zero-order valence-electron chi connectivity index (χ0n) is 16.0. The molecule has 6 nitrogen and oxygen atoms in total. The molecular weight excluding hydrogens is 354 g/mol. The summed E-state index contributed by atoms with van der Waals surface area (Å²) in [5.41, 5.74) is 3.23. The lowest BCUT2D eigenvalue weighted by atomic mass is 10.1. The first-order valence-electron chi connectivity index (χ1n) is 9.24. The number of rotatable bonds is 8. The van der Waals surface area contributed by atoms with Crippen LogP contribution >= 0.6 is 0 Å². The molecule has 0 aliphatic carbocycles. The summed E-state index contributed by atoms with van der Waals surface area (Å²) in [6, 6.07) is 12.8. The van der Waals surface area contributed by atoms with Gasteiger partial charge in [0.15, 0.2) is 11.5 Å². The van der Waals surface area contributed by atoms with Gasteiger partial charge in [-0.15, -0.1) is 0 Å². The monoisotopic (exact) mass is 377 g/mol. The van der Waals surface area contributed by atoms with Gasteiger partial charge in [0.2, 0.25) is 0 Å². The number of aromatic nitrogens is 2. The van der Waals surface area contributed by atoms with E-state index in [1.54, 1.807) is 36.8 Å².